The summed E-state index contributed by atoms with van der Waals surface area (Å²) in [6.07, 6.45) is 3.43. The lowest BCUT2D eigenvalue weighted by Crippen LogP contribution is -2.28. The van der Waals surface area contributed by atoms with Crippen molar-refractivity contribution in [2.75, 3.05) is 13.2 Å². The fourth-order valence-corrected chi connectivity index (χ4v) is 3.50. The third kappa shape index (κ3) is 3.12. The van der Waals surface area contributed by atoms with Gasteiger partial charge in [0.25, 0.3) is 0 Å². The number of nitrogens with one attached hydrogen (secondary N) is 2. The summed E-state index contributed by atoms with van der Waals surface area (Å²) in [4.78, 5) is 6.91. The van der Waals surface area contributed by atoms with Gasteiger partial charge in [-0.25, -0.2) is 18.1 Å². The van der Waals surface area contributed by atoms with Gasteiger partial charge in [0.1, 0.15) is 10.5 Å². The Kier molecular flexibility index (Phi) is 4.64. The second kappa shape index (κ2) is 6.09. The van der Waals surface area contributed by atoms with Crippen molar-refractivity contribution in [3.8, 4) is 0 Å². The largest absolute Gasteiger partial charge is 0.396 e. The van der Waals surface area contributed by atoms with E-state index in [1.165, 1.54) is 12.4 Å². The fraction of sp³-hybridized carbons (Fsp3) is 0.417. The molecule has 110 valence electrons. The van der Waals surface area contributed by atoms with Gasteiger partial charge in [-0.15, -0.1) is 0 Å². The van der Waals surface area contributed by atoms with Crippen LogP contribution in [0.5, 0.6) is 0 Å². The van der Waals surface area contributed by atoms with Crippen molar-refractivity contribution in [2.24, 2.45) is 5.92 Å². The molecule has 0 radical (unpaired) electrons. The second-order valence-corrected chi connectivity index (χ2v) is 6.78. The Balaban J connectivity index is 2.28. The quantitative estimate of drug-likeness (QED) is 0.752. The lowest BCUT2D eigenvalue weighted by atomic mass is 10.1. The van der Waals surface area contributed by atoms with Crippen molar-refractivity contribution in [2.45, 2.75) is 18.2 Å². The van der Waals surface area contributed by atoms with E-state index in [1.807, 2.05) is 6.92 Å². The number of hydrogen-bond acceptors (Lipinski definition) is 4. The molecule has 6 nitrogen and oxygen atoms in total. The summed E-state index contributed by atoms with van der Waals surface area (Å²) in [5.74, 6) is 0.0496. The maximum atomic E-state index is 12.3. The van der Waals surface area contributed by atoms with E-state index >= 15 is 0 Å². The first kappa shape index (κ1) is 15.2. The summed E-state index contributed by atoms with van der Waals surface area (Å²) in [6.45, 7) is 2.15. The van der Waals surface area contributed by atoms with Crippen LogP contribution in [-0.4, -0.2) is 36.6 Å². The third-order valence-corrected chi connectivity index (χ3v) is 4.78. The molecule has 0 saturated heterocycles. The van der Waals surface area contributed by atoms with Gasteiger partial charge in [-0.1, -0.05) is 18.5 Å². The summed E-state index contributed by atoms with van der Waals surface area (Å²) in [7, 11) is -3.67. The van der Waals surface area contributed by atoms with Gasteiger partial charge in [0, 0.05) is 25.5 Å². The number of sulfonamides is 1. The predicted molar refractivity (Wildman–Crippen MR) is 77.2 cm³/mol. The molecule has 0 fully saturated rings. The molecule has 0 aliphatic rings. The van der Waals surface area contributed by atoms with Gasteiger partial charge in [-0.3, -0.25) is 0 Å². The topological polar surface area (TPSA) is 95.1 Å². The van der Waals surface area contributed by atoms with Crippen LogP contribution >= 0.6 is 11.6 Å². The number of pyridine rings is 1. The fourth-order valence-electron chi connectivity index (χ4n) is 1.85. The maximum Gasteiger partial charge on any atom is 0.242 e. The van der Waals surface area contributed by atoms with E-state index in [0.717, 1.165) is 0 Å². The summed E-state index contributed by atoms with van der Waals surface area (Å²) >= 11 is 6.04. The summed E-state index contributed by atoms with van der Waals surface area (Å²) in [6, 6.07) is 1.55. The van der Waals surface area contributed by atoms with Gasteiger partial charge in [0.15, 0.2) is 0 Å². The molecule has 0 aromatic carbocycles. The number of hydrogen-bond donors (Lipinski definition) is 3. The summed E-state index contributed by atoms with van der Waals surface area (Å²) in [5, 5.41) is 9.54. The molecule has 0 bridgehead atoms. The predicted octanol–water partition coefficient (Wildman–Crippen LogP) is 1.51. The second-order valence-electron chi connectivity index (χ2n) is 4.64. The zero-order valence-electron chi connectivity index (χ0n) is 10.9. The molecular weight excluding hydrogens is 302 g/mol. The van der Waals surface area contributed by atoms with Gasteiger partial charge in [-0.2, -0.15) is 0 Å². The van der Waals surface area contributed by atoms with Crippen LogP contribution in [-0.2, 0) is 10.0 Å². The number of aliphatic hydroxyl groups excluding tert-OH is 1. The van der Waals surface area contributed by atoms with E-state index in [-0.39, 0.29) is 24.0 Å². The molecule has 20 heavy (non-hydrogen) atoms. The Morgan fingerprint density at radius 1 is 1.55 bits per heavy atom. The third-order valence-electron chi connectivity index (χ3n) is 3.02. The molecule has 1 unspecified atom stereocenters. The average Bonchev–Trinajstić information content (AvgIpc) is 2.83. The Morgan fingerprint density at radius 2 is 2.30 bits per heavy atom. The van der Waals surface area contributed by atoms with Crippen molar-refractivity contribution in [1.82, 2.24) is 14.7 Å². The SMILES string of the molecule is CC(CCO)CNS(=O)(=O)c1c[nH]c2nccc(Cl)c12. The molecule has 0 saturated carbocycles. The van der Waals surface area contributed by atoms with Crippen LogP contribution in [0, 0.1) is 5.92 Å². The Labute approximate surface area is 122 Å². The first-order chi connectivity index (χ1) is 9.45. The molecule has 0 spiro atoms. The van der Waals surface area contributed by atoms with E-state index in [9.17, 15) is 8.42 Å². The Hall–Kier alpha value is -1.15. The van der Waals surface area contributed by atoms with Crippen LogP contribution < -0.4 is 4.72 Å². The normalized spacial score (nSPS) is 13.8. The average molecular weight is 318 g/mol. The van der Waals surface area contributed by atoms with Crippen LogP contribution in [0.1, 0.15) is 13.3 Å². The first-order valence-corrected chi connectivity index (χ1v) is 8.04. The number of aromatic nitrogens is 2. The highest BCUT2D eigenvalue weighted by molar-refractivity contribution is 7.89. The van der Waals surface area contributed by atoms with E-state index in [1.54, 1.807) is 6.07 Å². The van der Waals surface area contributed by atoms with Crippen LogP contribution in [0.3, 0.4) is 0 Å². The zero-order valence-corrected chi connectivity index (χ0v) is 12.5. The van der Waals surface area contributed by atoms with E-state index in [2.05, 4.69) is 14.7 Å². The maximum absolute atomic E-state index is 12.3. The molecule has 0 aliphatic carbocycles. The monoisotopic (exact) mass is 317 g/mol. The molecule has 2 heterocycles. The molecule has 2 aromatic rings. The molecule has 2 rings (SSSR count). The number of fused-ring (bicyclic) bond motifs is 1. The summed E-state index contributed by atoms with van der Waals surface area (Å²) < 4.78 is 27.1. The molecule has 3 N–H and O–H groups in total. The highest BCUT2D eigenvalue weighted by Crippen LogP contribution is 2.28. The van der Waals surface area contributed by atoms with E-state index in [0.29, 0.717) is 22.5 Å². The number of aliphatic hydroxyl groups is 1. The molecule has 1 atom stereocenters. The van der Waals surface area contributed by atoms with Crippen molar-refractivity contribution in [1.29, 1.82) is 0 Å². The number of H-pyrrole nitrogens is 1. The lowest BCUT2D eigenvalue weighted by molar-refractivity contribution is 0.263. The molecule has 0 aliphatic heterocycles. The minimum Gasteiger partial charge on any atom is -0.396 e. The highest BCUT2D eigenvalue weighted by atomic mass is 35.5. The lowest BCUT2D eigenvalue weighted by Gasteiger charge is -2.11. The molecule has 0 amide bonds. The van der Waals surface area contributed by atoms with E-state index < -0.39 is 10.0 Å². The van der Waals surface area contributed by atoms with E-state index in [4.69, 9.17) is 16.7 Å². The zero-order chi connectivity index (χ0) is 14.8. The van der Waals surface area contributed by atoms with Gasteiger partial charge in [-0.05, 0) is 18.4 Å². The molecular formula is C12H16ClN3O3S. The smallest absolute Gasteiger partial charge is 0.242 e. The molecule has 8 heteroatoms. The van der Waals surface area contributed by atoms with Gasteiger partial charge in [0.05, 0.1) is 10.4 Å². The number of halogens is 1. The number of nitrogens with zero attached hydrogens (tertiary/aromatic N) is 1. The van der Waals surface area contributed by atoms with Crippen molar-refractivity contribution >= 4 is 32.7 Å². The Morgan fingerprint density at radius 3 is 3.00 bits per heavy atom. The summed E-state index contributed by atoms with van der Waals surface area (Å²) in [5.41, 5.74) is 0.432. The highest BCUT2D eigenvalue weighted by Gasteiger charge is 2.21. The van der Waals surface area contributed by atoms with Crippen molar-refractivity contribution in [3.05, 3.63) is 23.5 Å². The van der Waals surface area contributed by atoms with Crippen LogP contribution in [0.4, 0.5) is 0 Å². The number of rotatable bonds is 6. The van der Waals surface area contributed by atoms with Crippen LogP contribution in [0.15, 0.2) is 23.4 Å². The van der Waals surface area contributed by atoms with Gasteiger partial charge in [0.2, 0.25) is 10.0 Å². The minimum atomic E-state index is -3.67. The van der Waals surface area contributed by atoms with Crippen molar-refractivity contribution < 1.29 is 13.5 Å². The standard InChI is InChI=1S/C12H16ClN3O3S/c1-8(3-5-17)6-16-20(18,19)10-7-15-12-11(10)9(13)2-4-14-12/h2,4,7-8,16-17H,3,5-6H2,1H3,(H,14,15). The molecule has 2 aromatic heterocycles. The first-order valence-electron chi connectivity index (χ1n) is 6.18. The van der Waals surface area contributed by atoms with Crippen LogP contribution in [0.2, 0.25) is 5.02 Å². The number of aromatic amines is 1. The van der Waals surface area contributed by atoms with Gasteiger partial charge < -0.3 is 10.1 Å². The Bertz CT molecular complexity index is 699. The van der Waals surface area contributed by atoms with Crippen LogP contribution in [0.25, 0.3) is 11.0 Å². The van der Waals surface area contributed by atoms with Crippen molar-refractivity contribution in [3.63, 3.8) is 0 Å². The van der Waals surface area contributed by atoms with Gasteiger partial charge >= 0.3 is 0 Å². The minimum absolute atomic E-state index is 0.0335.